The van der Waals surface area contributed by atoms with Crippen LogP contribution in [0.15, 0.2) is 48.5 Å². The maximum atomic E-state index is 13.5. The van der Waals surface area contributed by atoms with Crippen molar-refractivity contribution in [3.8, 4) is 11.5 Å². The molecule has 2 fully saturated rings. The van der Waals surface area contributed by atoms with E-state index in [4.69, 9.17) is 9.47 Å². The van der Waals surface area contributed by atoms with Crippen LogP contribution in [0.1, 0.15) is 37.8 Å². The molecule has 2 aromatic carbocycles. The molecule has 2 atom stereocenters. The van der Waals surface area contributed by atoms with Crippen LogP contribution in [0.25, 0.3) is 0 Å². The Hall–Kier alpha value is -3.10. The van der Waals surface area contributed by atoms with Crippen LogP contribution in [0.3, 0.4) is 0 Å². The van der Waals surface area contributed by atoms with E-state index in [-0.39, 0.29) is 17.7 Å². The quantitative estimate of drug-likeness (QED) is 0.497. The maximum absolute atomic E-state index is 13.5. The van der Waals surface area contributed by atoms with Gasteiger partial charge in [0.05, 0.1) is 26.2 Å². The molecule has 2 heterocycles. The number of hydrogen-bond acceptors (Lipinski definition) is 6. The minimum atomic E-state index is -0.400. The molecule has 0 spiro atoms. The summed E-state index contributed by atoms with van der Waals surface area (Å²) in [6.07, 6.45) is 1.77. The Morgan fingerprint density at radius 2 is 1.51 bits per heavy atom. The molecule has 4 rings (SSSR count). The summed E-state index contributed by atoms with van der Waals surface area (Å²) in [7, 11) is 3.25. The Kier molecular flexibility index (Phi) is 9.41. The zero-order valence-corrected chi connectivity index (χ0v) is 22.3. The second-order valence-electron chi connectivity index (χ2n) is 9.75. The number of likely N-dealkylation sites (N-methyl/N-ethyl adjacent to an activating group) is 1. The number of benzene rings is 2. The Bertz CT molecular complexity index is 1020. The molecule has 0 unspecified atom stereocenters. The number of carbonyl (C=O) groups is 2. The number of piperidine rings is 1. The predicted octanol–water partition coefficient (Wildman–Crippen LogP) is 3.33. The summed E-state index contributed by atoms with van der Waals surface area (Å²) < 4.78 is 10.6. The van der Waals surface area contributed by atoms with E-state index in [1.807, 2.05) is 48.5 Å². The van der Waals surface area contributed by atoms with Crippen molar-refractivity contribution in [2.75, 3.05) is 64.9 Å². The van der Waals surface area contributed by atoms with Gasteiger partial charge in [-0.1, -0.05) is 19.1 Å². The number of amides is 2. The average molecular weight is 509 g/mol. The number of ether oxygens (including phenoxy) is 2. The first-order chi connectivity index (χ1) is 18.0. The van der Waals surface area contributed by atoms with Gasteiger partial charge in [0.25, 0.3) is 0 Å². The molecule has 0 saturated carbocycles. The number of carbonyl (C=O) groups excluding carboxylic acids is 2. The van der Waals surface area contributed by atoms with E-state index < -0.39 is 6.04 Å². The minimum absolute atomic E-state index is 0.00244. The maximum Gasteiger partial charge on any atom is 0.227 e. The van der Waals surface area contributed by atoms with Gasteiger partial charge >= 0.3 is 0 Å². The highest BCUT2D eigenvalue weighted by Gasteiger charge is 2.41. The Balaban J connectivity index is 1.47. The zero-order chi connectivity index (χ0) is 26.2. The summed E-state index contributed by atoms with van der Waals surface area (Å²) in [5.74, 6) is 1.13. The van der Waals surface area contributed by atoms with Gasteiger partial charge < -0.3 is 29.5 Å². The van der Waals surface area contributed by atoms with Gasteiger partial charge in [0.2, 0.25) is 11.8 Å². The lowest BCUT2D eigenvalue weighted by Gasteiger charge is -2.41. The molecular formula is C29H40N4O4. The molecule has 2 aliphatic rings. The molecule has 2 aliphatic heterocycles. The highest BCUT2D eigenvalue weighted by molar-refractivity contribution is 5.97. The third kappa shape index (κ3) is 6.62. The highest BCUT2D eigenvalue weighted by Crippen LogP contribution is 2.40. The van der Waals surface area contributed by atoms with Crippen LogP contribution in [-0.2, 0) is 9.59 Å². The molecule has 0 aliphatic carbocycles. The van der Waals surface area contributed by atoms with Crippen molar-refractivity contribution in [1.82, 2.24) is 15.1 Å². The van der Waals surface area contributed by atoms with Crippen LogP contribution in [0, 0.1) is 5.92 Å². The van der Waals surface area contributed by atoms with Gasteiger partial charge in [-0.15, -0.1) is 0 Å². The first-order valence-corrected chi connectivity index (χ1v) is 13.4. The van der Waals surface area contributed by atoms with E-state index >= 15 is 0 Å². The summed E-state index contributed by atoms with van der Waals surface area (Å²) >= 11 is 0. The lowest BCUT2D eigenvalue weighted by molar-refractivity contribution is -0.129. The molecular weight excluding hydrogens is 468 g/mol. The minimum Gasteiger partial charge on any atom is -0.497 e. The molecule has 37 heavy (non-hydrogen) atoms. The third-order valence-electron chi connectivity index (χ3n) is 7.60. The van der Waals surface area contributed by atoms with Crippen LogP contribution in [0.4, 0.5) is 5.69 Å². The largest absolute Gasteiger partial charge is 0.497 e. The first-order valence-electron chi connectivity index (χ1n) is 13.4. The van der Waals surface area contributed by atoms with E-state index in [1.54, 1.807) is 19.1 Å². The summed E-state index contributed by atoms with van der Waals surface area (Å²) in [5, 5.41) is 3.18. The smallest absolute Gasteiger partial charge is 0.227 e. The fraction of sp³-hybridized carbons (Fsp3) is 0.517. The van der Waals surface area contributed by atoms with Gasteiger partial charge in [-0.05, 0) is 67.9 Å². The SMILES string of the molecule is CCN1CCN(CCCNC(=O)[C@@H]2CCC(=O)N(c3ccc(OC)cc3)[C@@H]2c2ccc(OC)cc2)CC1. The predicted molar refractivity (Wildman–Crippen MR) is 145 cm³/mol. The van der Waals surface area contributed by atoms with Crippen LogP contribution in [-0.4, -0.2) is 81.6 Å². The monoisotopic (exact) mass is 508 g/mol. The van der Waals surface area contributed by atoms with Gasteiger partial charge in [0, 0.05) is 44.8 Å². The second kappa shape index (κ2) is 12.9. The van der Waals surface area contributed by atoms with Crippen LogP contribution < -0.4 is 19.7 Å². The molecule has 200 valence electrons. The number of rotatable bonds is 10. The average Bonchev–Trinajstić information content (AvgIpc) is 2.95. The number of nitrogens with one attached hydrogen (secondary N) is 1. The lowest BCUT2D eigenvalue weighted by atomic mass is 9.83. The molecule has 2 aromatic rings. The number of anilines is 1. The molecule has 0 aromatic heterocycles. The number of piperazine rings is 1. The van der Waals surface area contributed by atoms with Gasteiger partial charge in [-0.2, -0.15) is 0 Å². The molecule has 8 nitrogen and oxygen atoms in total. The molecule has 2 amide bonds. The highest BCUT2D eigenvalue weighted by atomic mass is 16.5. The van der Waals surface area contributed by atoms with Crippen molar-refractivity contribution in [3.63, 3.8) is 0 Å². The van der Waals surface area contributed by atoms with E-state index in [2.05, 4.69) is 22.0 Å². The fourth-order valence-electron chi connectivity index (χ4n) is 5.37. The van der Waals surface area contributed by atoms with E-state index in [0.29, 0.717) is 19.4 Å². The fourth-order valence-corrected chi connectivity index (χ4v) is 5.37. The lowest BCUT2D eigenvalue weighted by Crippen LogP contribution is -2.49. The van der Waals surface area contributed by atoms with Gasteiger partial charge in [0.1, 0.15) is 11.5 Å². The van der Waals surface area contributed by atoms with E-state index in [0.717, 1.165) is 68.4 Å². The number of methoxy groups -OCH3 is 2. The van der Waals surface area contributed by atoms with Crippen molar-refractivity contribution >= 4 is 17.5 Å². The summed E-state index contributed by atoms with van der Waals surface area (Å²) in [6.45, 7) is 9.34. The van der Waals surface area contributed by atoms with Gasteiger partial charge in [-0.25, -0.2) is 0 Å². The van der Waals surface area contributed by atoms with Gasteiger partial charge in [-0.3, -0.25) is 9.59 Å². The van der Waals surface area contributed by atoms with Crippen molar-refractivity contribution in [3.05, 3.63) is 54.1 Å². The zero-order valence-electron chi connectivity index (χ0n) is 22.3. The molecule has 8 heteroatoms. The molecule has 0 radical (unpaired) electrons. The molecule has 2 saturated heterocycles. The third-order valence-corrected chi connectivity index (χ3v) is 7.60. The van der Waals surface area contributed by atoms with Crippen molar-refractivity contribution in [2.45, 2.75) is 32.2 Å². The number of hydrogen-bond donors (Lipinski definition) is 1. The summed E-state index contributed by atoms with van der Waals surface area (Å²) in [5.41, 5.74) is 1.67. The molecule has 0 bridgehead atoms. The van der Waals surface area contributed by atoms with Crippen molar-refractivity contribution < 1.29 is 19.1 Å². The van der Waals surface area contributed by atoms with E-state index in [1.165, 1.54) is 0 Å². The Morgan fingerprint density at radius 1 is 0.919 bits per heavy atom. The van der Waals surface area contributed by atoms with E-state index in [9.17, 15) is 9.59 Å². The number of nitrogens with zero attached hydrogens (tertiary/aromatic N) is 3. The Morgan fingerprint density at radius 3 is 2.11 bits per heavy atom. The van der Waals surface area contributed by atoms with Crippen LogP contribution in [0.2, 0.25) is 0 Å². The normalized spacial score (nSPS) is 21.1. The van der Waals surface area contributed by atoms with Crippen LogP contribution >= 0.6 is 0 Å². The Labute approximate surface area is 220 Å². The van der Waals surface area contributed by atoms with Crippen LogP contribution in [0.5, 0.6) is 11.5 Å². The summed E-state index contributed by atoms with van der Waals surface area (Å²) in [6, 6.07) is 14.7. The first kappa shape index (κ1) is 26.9. The summed E-state index contributed by atoms with van der Waals surface area (Å²) in [4.78, 5) is 33.5. The molecule has 1 N–H and O–H groups in total. The van der Waals surface area contributed by atoms with Crippen molar-refractivity contribution in [2.24, 2.45) is 5.92 Å². The van der Waals surface area contributed by atoms with Crippen molar-refractivity contribution in [1.29, 1.82) is 0 Å². The second-order valence-corrected chi connectivity index (χ2v) is 9.75. The standard InChI is InChI=1S/C29H40N4O4/c1-4-31-18-20-32(21-19-31)17-5-16-30-29(35)26-14-15-27(34)33(23-8-12-25(37-3)13-9-23)28(26)22-6-10-24(36-2)11-7-22/h6-13,26,28H,4-5,14-21H2,1-3H3,(H,30,35)/t26-,28-/m1/s1. The van der Waals surface area contributed by atoms with Gasteiger partial charge in [0.15, 0.2) is 0 Å². The topological polar surface area (TPSA) is 74.4 Å².